The van der Waals surface area contributed by atoms with Crippen molar-refractivity contribution in [2.24, 2.45) is 5.73 Å². The molecule has 0 bridgehead atoms. The molecule has 0 fully saturated rings. The van der Waals surface area contributed by atoms with Crippen LogP contribution in [-0.4, -0.2) is 25.6 Å². The minimum atomic E-state index is 0.0226. The first kappa shape index (κ1) is 14.5. The van der Waals surface area contributed by atoms with Gasteiger partial charge in [0.25, 0.3) is 0 Å². The van der Waals surface area contributed by atoms with E-state index in [1.54, 1.807) is 11.9 Å². The van der Waals surface area contributed by atoms with Crippen molar-refractivity contribution in [3.8, 4) is 5.75 Å². The highest BCUT2D eigenvalue weighted by Crippen LogP contribution is 2.25. The highest BCUT2D eigenvalue weighted by atomic mass is 16.5. The second kappa shape index (κ2) is 6.40. The Morgan fingerprint density at radius 1 is 1.44 bits per heavy atom. The molecule has 100 valence electrons. The maximum Gasteiger partial charge on any atom is 0.227 e. The van der Waals surface area contributed by atoms with Crippen LogP contribution >= 0.6 is 0 Å². The molecule has 0 unspecified atom stereocenters. The zero-order chi connectivity index (χ0) is 13.7. The van der Waals surface area contributed by atoms with Crippen LogP contribution in [0.15, 0.2) is 18.2 Å². The predicted molar refractivity (Wildman–Crippen MR) is 74.0 cm³/mol. The standard InChI is InChI=1S/C14H22N2O2/c1-10(2)18-13-6-5-12(9-11(13)3)16(4)14(17)7-8-15/h5-6,9-10H,7-8,15H2,1-4H3. The van der Waals surface area contributed by atoms with Gasteiger partial charge in [0.05, 0.1) is 6.10 Å². The molecule has 0 heterocycles. The van der Waals surface area contributed by atoms with Crippen LogP contribution in [-0.2, 0) is 4.79 Å². The summed E-state index contributed by atoms with van der Waals surface area (Å²) < 4.78 is 5.66. The highest BCUT2D eigenvalue weighted by Gasteiger charge is 2.11. The fraction of sp³-hybridized carbons (Fsp3) is 0.500. The van der Waals surface area contributed by atoms with Gasteiger partial charge in [0.1, 0.15) is 5.75 Å². The lowest BCUT2D eigenvalue weighted by atomic mass is 10.2. The number of amides is 1. The smallest absolute Gasteiger partial charge is 0.227 e. The summed E-state index contributed by atoms with van der Waals surface area (Å²) in [5, 5.41) is 0. The second-order valence-corrected chi connectivity index (χ2v) is 4.61. The number of nitrogens with two attached hydrogens (primary N) is 1. The average Bonchev–Trinajstić information content (AvgIpc) is 2.30. The Hall–Kier alpha value is -1.55. The monoisotopic (exact) mass is 250 g/mol. The summed E-state index contributed by atoms with van der Waals surface area (Å²) in [6.07, 6.45) is 0.505. The van der Waals surface area contributed by atoms with Gasteiger partial charge in [0.2, 0.25) is 5.91 Å². The van der Waals surface area contributed by atoms with Crippen molar-refractivity contribution < 1.29 is 9.53 Å². The lowest BCUT2D eigenvalue weighted by Gasteiger charge is -2.19. The van der Waals surface area contributed by atoms with Crippen LogP contribution in [0, 0.1) is 6.92 Å². The molecule has 0 atom stereocenters. The van der Waals surface area contributed by atoms with Crippen LogP contribution in [0.1, 0.15) is 25.8 Å². The quantitative estimate of drug-likeness (QED) is 0.870. The predicted octanol–water partition coefficient (Wildman–Crippen LogP) is 2.09. The van der Waals surface area contributed by atoms with Gasteiger partial charge in [-0.1, -0.05) is 0 Å². The van der Waals surface area contributed by atoms with Gasteiger partial charge in [-0.15, -0.1) is 0 Å². The fourth-order valence-corrected chi connectivity index (χ4v) is 1.66. The van der Waals surface area contributed by atoms with Crippen molar-refractivity contribution in [1.29, 1.82) is 0 Å². The van der Waals surface area contributed by atoms with Crippen molar-refractivity contribution in [2.45, 2.75) is 33.3 Å². The topological polar surface area (TPSA) is 55.6 Å². The van der Waals surface area contributed by atoms with E-state index in [-0.39, 0.29) is 12.0 Å². The van der Waals surface area contributed by atoms with Gasteiger partial charge < -0.3 is 15.4 Å². The minimum Gasteiger partial charge on any atom is -0.491 e. The van der Waals surface area contributed by atoms with Gasteiger partial charge in [0.15, 0.2) is 0 Å². The molecule has 0 spiro atoms. The molecule has 0 radical (unpaired) electrons. The summed E-state index contributed by atoms with van der Waals surface area (Å²) in [7, 11) is 1.76. The number of ether oxygens (including phenoxy) is 1. The SMILES string of the molecule is Cc1cc(N(C)C(=O)CCN)ccc1OC(C)C. The number of anilines is 1. The minimum absolute atomic E-state index is 0.0226. The van der Waals surface area contributed by atoms with Crippen molar-refractivity contribution in [3.05, 3.63) is 23.8 Å². The third-order valence-corrected chi connectivity index (χ3v) is 2.64. The molecule has 1 aromatic rings. The van der Waals surface area contributed by atoms with E-state index >= 15 is 0 Å². The van der Waals surface area contributed by atoms with Crippen molar-refractivity contribution >= 4 is 11.6 Å². The van der Waals surface area contributed by atoms with Gasteiger partial charge in [0, 0.05) is 25.7 Å². The molecule has 2 N–H and O–H groups in total. The number of rotatable bonds is 5. The Balaban J connectivity index is 2.86. The third kappa shape index (κ3) is 3.74. The Kier molecular flexibility index (Phi) is 5.16. The van der Waals surface area contributed by atoms with Crippen molar-refractivity contribution in [1.82, 2.24) is 0 Å². The van der Waals surface area contributed by atoms with E-state index in [1.807, 2.05) is 39.0 Å². The molecule has 18 heavy (non-hydrogen) atoms. The summed E-state index contributed by atoms with van der Waals surface area (Å²) in [6, 6.07) is 5.74. The van der Waals surface area contributed by atoms with E-state index in [2.05, 4.69) is 0 Å². The molecule has 1 rings (SSSR count). The summed E-state index contributed by atoms with van der Waals surface area (Å²) >= 11 is 0. The Morgan fingerprint density at radius 3 is 2.61 bits per heavy atom. The summed E-state index contributed by atoms with van der Waals surface area (Å²) in [6.45, 7) is 6.33. The van der Waals surface area contributed by atoms with Crippen molar-refractivity contribution in [2.75, 3.05) is 18.5 Å². The van der Waals surface area contributed by atoms with Gasteiger partial charge in [-0.25, -0.2) is 0 Å². The lowest BCUT2D eigenvalue weighted by molar-refractivity contribution is -0.118. The van der Waals surface area contributed by atoms with Crippen LogP contribution in [0.2, 0.25) is 0 Å². The van der Waals surface area contributed by atoms with Crippen LogP contribution < -0.4 is 15.4 Å². The van der Waals surface area contributed by atoms with Crippen LogP contribution in [0.25, 0.3) is 0 Å². The molecule has 1 amide bonds. The molecule has 0 aliphatic heterocycles. The van der Waals surface area contributed by atoms with E-state index in [4.69, 9.17) is 10.5 Å². The van der Waals surface area contributed by atoms with Crippen LogP contribution in [0.3, 0.4) is 0 Å². The van der Waals surface area contributed by atoms with Gasteiger partial charge in [-0.2, -0.15) is 0 Å². The molecule has 0 saturated heterocycles. The summed E-state index contributed by atoms with van der Waals surface area (Å²) in [4.78, 5) is 13.4. The molecule has 4 heteroatoms. The van der Waals surface area contributed by atoms with Gasteiger partial charge >= 0.3 is 0 Å². The summed E-state index contributed by atoms with van der Waals surface area (Å²) in [5.74, 6) is 0.878. The van der Waals surface area contributed by atoms with Gasteiger partial charge in [-0.3, -0.25) is 4.79 Å². The number of hydrogen-bond donors (Lipinski definition) is 1. The van der Waals surface area contributed by atoms with Gasteiger partial charge in [-0.05, 0) is 44.5 Å². The number of benzene rings is 1. The molecule has 0 saturated carbocycles. The number of hydrogen-bond acceptors (Lipinski definition) is 3. The Labute approximate surface area is 109 Å². The number of carbonyl (C=O) groups is 1. The number of nitrogens with zero attached hydrogens (tertiary/aromatic N) is 1. The molecule has 0 aromatic heterocycles. The maximum absolute atomic E-state index is 11.7. The third-order valence-electron chi connectivity index (χ3n) is 2.64. The normalized spacial score (nSPS) is 10.6. The van der Waals surface area contributed by atoms with Crippen LogP contribution in [0.4, 0.5) is 5.69 Å². The van der Waals surface area contributed by atoms with Crippen molar-refractivity contribution in [3.63, 3.8) is 0 Å². The van der Waals surface area contributed by atoms with E-state index in [0.29, 0.717) is 13.0 Å². The second-order valence-electron chi connectivity index (χ2n) is 4.61. The molecular formula is C14H22N2O2. The molecule has 0 aliphatic carbocycles. The molecule has 4 nitrogen and oxygen atoms in total. The number of aryl methyl sites for hydroxylation is 1. The molecule has 1 aromatic carbocycles. The Bertz CT molecular complexity index is 416. The first-order valence-electron chi connectivity index (χ1n) is 6.19. The lowest BCUT2D eigenvalue weighted by Crippen LogP contribution is -2.28. The number of carbonyl (C=O) groups excluding carboxylic acids is 1. The van der Waals surface area contributed by atoms with E-state index in [1.165, 1.54) is 0 Å². The maximum atomic E-state index is 11.7. The zero-order valence-electron chi connectivity index (χ0n) is 11.6. The molecule has 0 aliphatic rings. The Morgan fingerprint density at radius 2 is 2.11 bits per heavy atom. The van der Waals surface area contributed by atoms with Crippen LogP contribution in [0.5, 0.6) is 5.75 Å². The fourth-order valence-electron chi connectivity index (χ4n) is 1.66. The average molecular weight is 250 g/mol. The molecular weight excluding hydrogens is 228 g/mol. The summed E-state index contributed by atoms with van der Waals surface area (Å²) in [5.41, 5.74) is 7.27. The largest absolute Gasteiger partial charge is 0.491 e. The first-order valence-corrected chi connectivity index (χ1v) is 6.19. The first-order chi connectivity index (χ1) is 8.45. The zero-order valence-corrected chi connectivity index (χ0v) is 11.6. The highest BCUT2D eigenvalue weighted by molar-refractivity contribution is 5.93. The van der Waals surface area contributed by atoms with E-state index < -0.39 is 0 Å². The van der Waals surface area contributed by atoms with E-state index in [0.717, 1.165) is 17.0 Å². The van der Waals surface area contributed by atoms with E-state index in [9.17, 15) is 4.79 Å².